The number of imidazole rings is 1. The van der Waals surface area contributed by atoms with Crippen LogP contribution in [0, 0.1) is 0 Å². The first-order valence-electron chi connectivity index (χ1n) is 4.51. The van der Waals surface area contributed by atoms with Gasteiger partial charge in [0.05, 0.1) is 24.3 Å². The van der Waals surface area contributed by atoms with Gasteiger partial charge in [0.1, 0.15) is 5.76 Å². The highest BCUT2D eigenvalue weighted by molar-refractivity contribution is 5.09. The van der Waals surface area contributed by atoms with Gasteiger partial charge in [-0.3, -0.25) is 0 Å². The first-order chi connectivity index (χ1) is 6.77. The molecule has 1 unspecified atom stereocenters. The van der Waals surface area contributed by atoms with E-state index in [-0.39, 0.29) is 6.04 Å². The van der Waals surface area contributed by atoms with Gasteiger partial charge in [0, 0.05) is 19.7 Å². The zero-order valence-electron chi connectivity index (χ0n) is 8.05. The van der Waals surface area contributed by atoms with Crippen LogP contribution in [0.15, 0.2) is 35.3 Å². The molecule has 4 heteroatoms. The van der Waals surface area contributed by atoms with E-state index in [1.165, 1.54) is 0 Å². The second-order valence-corrected chi connectivity index (χ2v) is 3.32. The molecule has 0 bridgehead atoms. The fourth-order valence-electron chi connectivity index (χ4n) is 1.47. The lowest BCUT2D eigenvalue weighted by atomic mass is 10.1. The van der Waals surface area contributed by atoms with Gasteiger partial charge in [-0.2, -0.15) is 0 Å². The third-order valence-corrected chi connectivity index (χ3v) is 2.24. The minimum atomic E-state index is -0.0614. The largest absolute Gasteiger partial charge is 0.469 e. The Hall–Kier alpha value is -1.55. The Morgan fingerprint density at radius 1 is 1.64 bits per heavy atom. The number of nitrogens with zero attached hydrogens (tertiary/aromatic N) is 2. The number of aryl methyl sites for hydroxylation is 1. The lowest BCUT2D eigenvalue weighted by molar-refractivity contribution is 0.482. The zero-order chi connectivity index (χ0) is 9.97. The van der Waals surface area contributed by atoms with Gasteiger partial charge < -0.3 is 14.7 Å². The predicted molar refractivity (Wildman–Crippen MR) is 52.5 cm³/mol. The van der Waals surface area contributed by atoms with E-state index in [1.54, 1.807) is 18.8 Å². The van der Waals surface area contributed by atoms with E-state index in [0.29, 0.717) is 6.42 Å². The molecule has 0 radical (unpaired) electrons. The van der Waals surface area contributed by atoms with Crippen molar-refractivity contribution >= 4 is 0 Å². The predicted octanol–water partition coefficient (Wildman–Crippen LogP) is 1.26. The van der Waals surface area contributed by atoms with Gasteiger partial charge in [0.25, 0.3) is 0 Å². The SMILES string of the molecule is Cn1cncc1C(N)Cc1ccco1. The summed E-state index contributed by atoms with van der Waals surface area (Å²) in [5.74, 6) is 0.902. The van der Waals surface area contributed by atoms with Crippen molar-refractivity contribution < 1.29 is 4.42 Å². The Bertz CT molecular complexity index is 391. The zero-order valence-corrected chi connectivity index (χ0v) is 8.05. The molecule has 0 saturated heterocycles. The van der Waals surface area contributed by atoms with E-state index >= 15 is 0 Å². The Labute approximate surface area is 82.4 Å². The van der Waals surface area contributed by atoms with Crippen LogP contribution in [-0.2, 0) is 13.5 Å². The van der Waals surface area contributed by atoms with Gasteiger partial charge in [-0.15, -0.1) is 0 Å². The average Bonchev–Trinajstić information content (AvgIpc) is 2.75. The van der Waals surface area contributed by atoms with Crippen LogP contribution in [0.3, 0.4) is 0 Å². The molecule has 14 heavy (non-hydrogen) atoms. The fourth-order valence-corrected chi connectivity index (χ4v) is 1.47. The van der Waals surface area contributed by atoms with Crippen molar-refractivity contribution in [1.29, 1.82) is 0 Å². The first-order valence-corrected chi connectivity index (χ1v) is 4.51. The van der Waals surface area contributed by atoms with Crippen LogP contribution in [0.1, 0.15) is 17.5 Å². The molecule has 1 atom stereocenters. The van der Waals surface area contributed by atoms with Crippen LogP contribution in [0.4, 0.5) is 0 Å². The van der Waals surface area contributed by atoms with Crippen molar-refractivity contribution in [2.45, 2.75) is 12.5 Å². The summed E-state index contributed by atoms with van der Waals surface area (Å²) in [6.07, 6.45) is 5.89. The summed E-state index contributed by atoms with van der Waals surface area (Å²) in [6, 6.07) is 3.73. The third-order valence-electron chi connectivity index (χ3n) is 2.24. The Kier molecular flexibility index (Phi) is 2.37. The number of furan rings is 1. The fraction of sp³-hybridized carbons (Fsp3) is 0.300. The Balaban J connectivity index is 2.10. The average molecular weight is 191 g/mol. The van der Waals surface area contributed by atoms with Crippen molar-refractivity contribution in [3.8, 4) is 0 Å². The highest BCUT2D eigenvalue weighted by Crippen LogP contribution is 2.14. The molecule has 4 nitrogen and oxygen atoms in total. The van der Waals surface area contributed by atoms with Crippen LogP contribution in [0.2, 0.25) is 0 Å². The van der Waals surface area contributed by atoms with E-state index in [0.717, 1.165) is 11.5 Å². The summed E-state index contributed by atoms with van der Waals surface area (Å²) >= 11 is 0. The molecule has 0 fully saturated rings. The maximum absolute atomic E-state index is 6.01. The van der Waals surface area contributed by atoms with E-state index in [4.69, 9.17) is 10.2 Å². The monoisotopic (exact) mass is 191 g/mol. The maximum Gasteiger partial charge on any atom is 0.105 e. The molecular formula is C10H13N3O. The van der Waals surface area contributed by atoms with E-state index in [9.17, 15) is 0 Å². The summed E-state index contributed by atoms with van der Waals surface area (Å²) in [5.41, 5.74) is 7.03. The summed E-state index contributed by atoms with van der Waals surface area (Å²) in [7, 11) is 1.93. The first kappa shape index (κ1) is 9.02. The molecular weight excluding hydrogens is 178 g/mol. The van der Waals surface area contributed by atoms with Gasteiger partial charge >= 0.3 is 0 Å². The highest BCUT2D eigenvalue weighted by Gasteiger charge is 2.11. The standard InChI is InChI=1S/C10H13N3O/c1-13-7-12-6-10(13)9(11)5-8-3-2-4-14-8/h2-4,6-7,9H,5,11H2,1H3. The van der Waals surface area contributed by atoms with E-state index in [2.05, 4.69) is 4.98 Å². The molecule has 2 aromatic heterocycles. The maximum atomic E-state index is 6.01. The van der Waals surface area contributed by atoms with Gasteiger partial charge in [-0.05, 0) is 12.1 Å². The quantitative estimate of drug-likeness (QED) is 0.794. The minimum absolute atomic E-state index is 0.0614. The molecule has 74 valence electrons. The molecule has 2 N–H and O–H groups in total. The smallest absolute Gasteiger partial charge is 0.105 e. The summed E-state index contributed by atoms with van der Waals surface area (Å²) in [5, 5.41) is 0. The van der Waals surface area contributed by atoms with Crippen molar-refractivity contribution in [1.82, 2.24) is 9.55 Å². The Morgan fingerprint density at radius 2 is 2.50 bits per heavy atom. The number of hydrogen-bond acceptors (Lipinski definition) is 3. The molecule has 0 amide bonds. The van der Waals surface area contributed by atoms with Gasteiger partial charge in [0.15, 0.2) is 0 Å². The van der Waals surface area contributed by atoms with Crippen molar-refractivity contribution in [3.63, 3.8) is 0 Å². The summed E-state index contributed by atoms with van der Waals surface area (Å²) in [4.78, 5) is 4.02. The summed E-state index contributed by atoms with van der Waals surface area (Å²) in [6.45, 7) is 0. The van der Waals surface area contributed by atoms with Crippen LogP contribution in [0.25, 0.3) is 0 Å². The van der Waals surface area contributed by atoms with Crippen molar-refractivity contribution in [2.75, 3.05) is 0 Å². The second kappa shape index (κ2) is 3.67. The lowest BCUT2D eigenvalue weighted by Crippen LogP contribution is -2.16. The molecule has 2 heterocycles. The molecule has 2 aromatic rings. The normalized spacial score (nSPS) is 13.0. The molecule has 0 aliphatic rings. The van der Waals surface area contributed by atoms with E-state index < -0.39 is 0 Å². The number of hydrogen-bond donors (Lipinski definition) is 1. The van der Waals surface area contributed by atoms with Crippen LogP contribution in [0.5, 0.6) is 0 Å². The van der Waals surface area contributed by atoms with Crippen LogP contribution < -0.4 is 5.73 Å². The lowest BCUT2D eigenvalue weighted by Gasteiger charge is -2.09. The van der Waals surface area contributed by atoms with Crippen molar-refractivity contribution in [2.24, 2.45) is 12.8 Å². The molecule has 2 rings (SSSR count). The molecule has 0 aliphatic carbocycles. The van der Waals surface area contributed by atoms with E-state index in [1.807, 2.05) is 23.7 Å². The van der Waals surface area contributed by atoms with Crippen LogP contribution >= 0.6 is 0 Å². The molecule has 0 spiro atoms. The minimum Gasteiger partial charge on any atom is -0.469 e. The van der Waals surface area contributed by atoms with Gasteiger partial charge in [-0.25, -0.2) is 4.98 Å². The van der Waals surface area contributed by atoms with Crippen LogP contribution in [-0.4, -0.2) is 9.55 Å². The Morgan fingerprint density at radius 3 is 3.07 bits per heavy atom. The number of nitrogens with two attached hydrogens (primary N) is 1. The topological polar surface area (TPSA) is 57.0 Å². The molecule has 0 saturated carbocycles. The van der Waals surface area contributed by atoms with Gasteiger partial charge in [0.2, 0.25) is 0 Å². The number of rotatable bonds is 3. The van der Waals surface area contributed by atoms with Crippen molar-refractivity contribution in [3.05, 3.63) is 42.4 Å². The number of aromatic nitrogens is 2. The summed E-state index contributed by atoms with van der Waals surface area (Å²) < 4.78 is 7.16. The van der Waals surface area contributed by atoms with Gasteiger partial charge in [-0.1, -0.05) is 0 Å². The molecule has 0 aromatic carbocycles. The second-order valence-electron chi connectivity index (χ2n) is 3.32. The third kappa shape index (κ3) is 1.70. The molecule has 0 aliphatic heterocycles. The highest BCUT2D eigenvalue weighted by atomic mass is 16.3.